The number of hydrogen-bond acceptors (Lipinski definition) is 3. The van der Waals surface area contributed by atoms with Crippen molar-refractivity contribution < 1.29 is 4.79 Å². The summed E-state index contributed by atoms with van der Waals surface area (Å²) in [5.74, 6) is 0.731. The summed E-state index contributed by atoms with van der Waals surface area (Å²) in [7, 11) is 0. The summed E-state index contributed by atoms with van der Waals surface area (Å²) in [6, 6.07) is 8.36. The fraction of sp³-hybridized carbons (Fsp3) is 0.533. The molecular weight excluding hydrogens is 256 g/mol. The molecule has 3 N–H and O–H groups in total. The lowest BCUT2D eigenvalue weighted by atomic mass is 9.95. The molecule has 0 aliphatic rings. The van der Waals surface area contributed by atoms with Crippen LogP contribution in [0.1, 0.15) is 32.3 Å². The molecular formula is C15H24N2OS. The minimum atomic E-state index is -0.582. The third-order valence-corrected chi connectivity index (χ3v) is 4.54. The average molecular weight is 280 g/mol. The second-order valence-corrected chi connectivity index (χ2v) is 6.08. The molecule has 1 aromatic rings. The average Bonchev–Trinajstić information content (AvgIpc) is 2.37. The second-order valence-electron chi connectivity index (χ2n) is 4.94. The van der Waals surface area contributed by atoms with Crippen molar-refractivity contribution in [2.45, 2.75) is 44.0 Å². The molecule has 106 valence electrons. The molecule has 0 spiro atoms. The van der Waals surface area contributed by atoms with Crippen molar-refractivity contribution in [3.8, 4) is 0 Å². The van der Waals surface area contributed by atoms with E-state index in [9.17, 15) is 4.79 Å². The molecule has 0 aliphatic heterocycles. The van der Waals surface area contributed by atoms with Gasteiger partial charge < -0.3 is 11.1 Å². The zero-order valence-corrected chi connectivity index (χ0v) is 12.8. The fourth-order valence-corrected chi connectivity index (χ4v) is 2.99. The van der Waals surface area contributed by atoms with E-state index in [1.54, 1.807) is 0 Å². The number of thioether (sulfide) groups is 1. The molecule has 0 aromatic heterocycles. The minimum absolute atomic E-state index is 0.268. The summed E-state index contributed by atoms with van der Waals surface area (Å²) < 4.78 is 0. The largest absolute Gasteiger partial charge is 0.368 e. The Morgan fingerprint density at radius 3 is 2.68 bits per heavy atom. The van der Waals surface area contributed by atoms with Crippen molar-refractivity contribution in [3.63, 3.8) is 0 Å². The van der Waals surface area contributed by atoms with Crippen molar-refractivity contribution in [1.29, 1.82) is 0 Å². The van der Waals surface area contributed by atoms with E-state index in [-0.39, 0.29) is 5.91 Å². The highest BCUT2D eigenvalue weighted by atomic mass is 32.2. The summed E-state index contributed by atoms with van der Waals surface area (Å²) in [4.78, 5) is 12.8. The third kappa shape index (κ3) is 4.88. The Kier molecular flexibility index (Phi) is 6.38. The lowest BCUT2D eigenvalue weighted by molar-refractivity contribution is -0.124. The molecule has 4 heteroatoms. The van der Waals surface area contributed by atoms with E-state index >= 15 is 0 Å². The van der Waals surface area contributed by atoms with Crippen LogP contribution in [0.15, 0.2) is 29.2 Å². The van der Waals surface area contributed by atoms with Crippen molar-refractivity contribution >= 4 is 17.7 Å². The van der Waals surface area contributed by atoms with Crippen LogP contribution in [0, 0.1) is 6.92 Å². The number of amides is 1. The summed E-state index contributed by atoms with van der Waals surface area (Å²) in [6.07, 6.45) is 1.74. The van der Waals surface area contributed by atoms with Gasteiger partial charge in [-0.2, -0.15) is 0 Å². The smallest absolute Gasteiger partial charge is 0.237 e. The Morgan fingerprint density at radius 2 is 2.11 bits per heavy atom. The van der Waals surface area contributed by atoms with E-state index < -0.39 is 5.54 Å². The molecule has 0 bridgehead atoms. The van der Waals surface area contributed by atoms with Crippen LogP contribution in [0.3, 0.4) is 0 Å². The van der Waals surface area contributed by atoms with E-state index in [0.29, 0.717) is 0 Å². The van der Waals surface area contributed by atoms with E-state index in [2.05, 4.69) is 36.5 Å². The molecule has 1 atom stereocenters. The maximum Gasteiger partial charge on any atom is 0.237 e. The van der Waals surface area contributed by atoms with Gasteiger partial charge in [-0.25, -0.2) is 0 Å². The highest BCUT2D eigenvalue weighted by Gasteiger charge is 2.28. The Hall–Kier alpha value is -1.00. The Morgan fingerprint density at radius 1 is 1.42 bits per heavy atom. The molecule has 1 aromatic carbocycles. The maximum absolute atomic E-state index is 11.5. The molecule has 19 heavy (non-hydrogen) atoms. The molecule has 0 fully saturated rings. The normalized spacial score (nSPS) is 14.1. The highest BCUT2D eigenvalue weighted by Crippen LogP contribution is 2.24. The number of primary amides is 1. The van der Waals surface area contributed by atoms with Gasteiger partial charge in [0.05, 0.1) is 5.54 Å². The van der Waals surface area contributed by atoms with Crippen LogP contribution in [0.25, 0.3) is 0 Å². The molecule has 3 nitrogen and oxygen atoms in total. The fourth-order valence-electron chi connectivity index (χ4n) is 2.02. The van der Waals surface area contributed by atoms with Crippen molar-refractivity contribution in [2.75, 3.05) is 12.3 Å². The number of aryl methyl sites for hydroxylation is 1. The molecule has 0 saturated carbocycles. The topological polar surface area (TPSA) is 55.1 Å². The highest BCUT2D eigenvalue weighted by molar-refractivity contribution is 7.99. The zero-order chi connectivity index (χ0) is 14.3. The summed E-state index contributed by atoms with van der Waals surface area (Å²) >= 11 is 1.84. The van der Waals surface area contributed by atoms with Crippen LogP contribution in [0.2, 0.25) is 0 Å². The van der Waals surface area contributed by atoms with Crippen LogP contribution in [0.4, 0.5) is 0 Å². The van der Waals surface area contributed by atoms with Gasteiger partial charge in [0.2, 0.25) is 5.91 Å². The van der Waals surface area contributed by atoms with Crippen LogP contribution in [0.5, 0.6) is 0 Å². The number of nitrogens with two attached hydrogens (primary N) is 1. The van der Waals surface area contributed by atoms with Crippen molar-refractivity contribution in [2.24, 2.45) is 5.73 Å². The van der Waals surface area contributed by atoms with Crippen molar-refractivity contribution in [1.82, 2.24) is 5.32 Å². The molecule has 0 radical (unpaired) electrons. The van der Waals surface area contributed by atoms with E-state index in [1.165, 1.54) is 10.5 Å². The number of hydrogen-bond donors (Lipinski definition) is 2. The first kappa shape index (κ1) is 16.1. The molecule has 0 heterocycles. The van der Waals surface area contributed by atoms with Crippen LogP contribution < -0.4 is 11.1 Å². The first-order chi connectivity index (χ1) is 8.99. The van der Waals surface area contributed by atoms with Gasteiger partial charge in [-0.1, -0.05) is 25.1 Å². The number of benzene rings is 1. The quantitative estimate of drug-likeness (QED) is 0.568. The molecule has 1 amide bonds. The number of rotatable bonds is 8. The maximum atomic E-state index is 11.5. The number of likely N-dealkylation sites (N-methyl/N-ethyl adjacent to an activating group) is 1. The second kappa shape index (κ2) is 7.56. The van der Waals surface area contributed by atoms with Gasteiger partial charge >= 0.3 is 0 Å². The first-order valence-electron chi connectivity index (χ1n) is 6.73. The lowest BCUT2D eigenvalue weighted by Crippen LogP contribution is -2.53. The molecule has 0 saturated heterocycles. The lowest BCUT2D eigenvalue weighted by Gasteiger charge is -2.26. The number of carbonyl (C=O) groups excluding carboxylic acids is 1. The van der Waals surface area contributed by atoms with Gasteiger partial charge in [-0.15, -0.1) is 11.8 Å². The summed E-state index contributed by atoms with van der Waals surface area (Å²) in [6.45, 7) is 6.75. The van der Waals surface area contributed by atoms with Crippen LogP contribution in [-0.2, 0) is 4.79 Å². The number of nitrogens with one attached hydrogen (secondary N) is 1. The Balaban J connectivity index is 2.41. The van der Waals surface area contributed by atoms with Crippen LogP contribution >= 0.6 is 11.8 Å². The first-order valence-corrected chi connectivity index (χ1v) is 7.71. The number of carbonyl (C=O) groups is 1. The zero-order valence-electron chi connectivity index (χ0n) is 12.0. The van der Waals surface area contributed by atoms with Gasteiger partial charge in [-0.05, 0) is 50.6 Å². The summed E-state index contributed by atoms with van der Waals surface area (Å²) in [5.41, 5.74) is 6.19. The molecule has 1 rings (SSSR count). The van der Waals surface area contributed by atoms with Gasteiger partial charge in [0.15, 0.2) is 0 Å². The Labute approximate surface area is 120 Å². The van der Waals surface area contributed by atoms with Gasteiger partial charge in [0, 0.05) is 4.90 Å². The van der Waals surface area contributed by atoms with E-state index in [4.69, 9.17) is 5.73 Å². The Bertz CT molecular complexity index is 422. The van der Waals surface area contributed by atoms with Crippen LogP contribution in [-0.4, -0.2) is 23.7 Å². The monoisotopic (exact) mass is 280 g/mol. The van der Waals surface area contributed by atoms with Gasteiger partial charge in [0.25, 0.3) is 0 Å². The van der Waals surface area contributed by atoms with E-state index in [1.807, 2.05) is 25.6 Å². The van der Waals surface area contributed by atoms with E-state index in [0.717, 1.165) is 25.1 Å². The predicted molar refractivity (Wildman–Crippen MR) is 82.4 cm³/mol. The SMILES string of the molecule is CCNC(C)(CCCSc1ccccc1C)C(N)=O. The standard InChI is InChI=1S/C15H24N2OS/c1-4-17-15(3,14(16)18)10-7-11-19-13-9-6-5-8-12(13)2/h5-6,8-9,17H,4,7,10-11H2,1-3H3,(H2,16,18). The third-order valence-electron chi connectivity index (χ3n) is 3.28. The summed E-state index contributed by atoms with van der Waals surface area (Å²) in [5, 5.41) is 3.18. The molecule has 1 unspecified atom stereocenters. The minimum Gasteiger partial charge on any atom is -0.368 e. The van der Waals surface area contributed by atoms with Gasteiger partial charge in [-0.3, -0.25) is 4.79 Å². The van der Waals surface area contributed by atoms with Gasteiger partial charge in [0.1, 0.15) is 0 Å². The predicted octanol–water partition coefficient (Wildman–Crippen LogP) is 2.72. The molecule has 0 aliphatic carbocycles. The van der Waals surface area contributed by atoms with Crippen molar-refractivity contribution in [3.05, 3.63) is 29.8 Å².